The van der Waals surface area contributed by atoms with Crippen molar-refractivity contribution in [2.24, 2.45) is 0 Å². The second kappa shape index (κ2) is 7.37. The van der Waals surface area contributed by atoms with Gasteiger partial charge in [-0.3, -0.25) is 4.79 Å². The smallest absolute Gasteiger partial charge is 0.277 e. The Bertz CT molecular complexity index is 856. The molecule has 1 aliphatic carbocycles. The second-order valence-corrected chi connectivity index (χ2v) is 7.89. The minimum absolute atomic E-state index is 0.111. The highest BCUT2D eigenvalue weighted by Crippen LogP contribution is 2.40. The van der Waals surface area contributed by atoms with Gasteiger partial charge in [-0.1, -0.05) is 24.6 Å². The fourth-order valence-electron chi connectivity index (χ4n) is 2.36. The fourth-order valence-corrected chi connectivity index (χ4v) is 3.48. The summed E-state index contributed by atoms with van der Waals surface area (Å²) in [6.07, 6.45) is 3.78. The first-order valence-electron chi connectivity index (χ1n) is 8.37. The van der Waals surface area contributed by atoms with Gasteiger partial charge < -0.3 is 9.84 Å². The number of unbranched alkanes of at least 4 members (excludes halogenated alkanes) is 1. The number of nitrogens with one attached hydrogen (secondary N) is 2. The number of carbonyl (C=O) groups excluding carboxylic acids is 1. The van der Waals surface area contributed by atoms with E-state index in [0.29, 0.717) is 18.2 Å². The lowest BCUT2D eigenvalue weighted by molar-refractivity contribution is 0.101. The van der Waals surface area contributed by atoms with Gasteiger partial charge in [0.15, 0.2) is 5.69 Å². The number of anilines is 1. The lowest BCUT2D eigenvalue weighted by Gasteiger charge is -2.08. The average molecular weight is 363 g/mol. The van der Waals surface area contributed by atoms with Crippen LogP contribution in [0.3, 0.4) is 0 Å². The number of sulfonamides is 1. The molecule has 1 amide bonds. The van der Waals surface area contributed by atoms with E-state index in [1.54, 1.807) is 18.2 Å². The lowest BCUT2D eigenvalue weighted by Crippen LogP contribution is -2.24. The average Bonchev–Trinajstić information content (AvgIpc) is 3.32. The molecule has 1 fully saturated rings. The molecule has 0 bridgehead atoms. The Morgan fingerprint density at radius 1 is 1.32 bits per heavy atom. The van der Waals surface area contributed by atoms with Crippen LogP contribution in [-0.4, -0.2) is 26.0 Å². The summed E-state index contributed by atoms with van der Waals surface area (Å²) in [5, 5.41) is 6.43. The summed E-state index contributed by atoms with van der Waals surface area (Å²) >= 11 is 0. The molecule has 1 aromatic carbocycles. The summed E-state index contributed by atoms with van der Waals surface area (Å²) in [5.41, 5.74) is 0.579. The van der Waals surface area contributed by atoms with Gasteiger partial charge >= 0.3 is 0 Å². The van der Waals surface area contributed by atoms with Gasteiger partial charge in [0.25, 0.3) is 5.91 Å². The van der Waals surface area contributed by atoms with E-state index in [2.05, 4.69) is 15.2 Å². The Labute approximate surface area is 146 Å². The molecule has 1 saturated carbocycles. The first-order chi connectivity index (χ1) is 12.0. The maximum Gasteiger partial charge on any atom is 0.277 e. The minimum Gasteiger partial charge on any atom is -0.360 e. The Morgan fingerprint density at radius 2 is 2.12 bits per heavy atom. The van der Waals surface area contributed by atoms with Gasteiger partial charge in [-0.25, -0.2) is 13.1 Å². The Hall–Kier alpha value is -2.19. The van der Waals surface area contributed by atoms with E-state index < -0.39 is 15.9 Å². The van der Waals surface area contributed by atoms with Crippen LogP contribution in [0.1, 0.15) is 54.8 Å². The zero-order valence-electron chi connectivity index (χ0n) is 14.0. The van der Waals surface area contributed by atoms with Crippen LogP contribution in [0.15, 0.2) is 39.8 Å². The van der Waals surface area contributed by atoms with Crippen molar-refractivity contribution in [2.45, 2.75) is 43.4 Å². The zero-order chi connectivity index (χ0) is 17.9. The van der Waals surface area contributed by atoms with E-state index in [0.717, 1.165) is 31.4 Å². The van der Waals surface area contributed by atoms with Crippen molar-refractivity contribution < 1.29 is 17.7 Å². The molecule has 7 nitrogen and oxygen atoms in total. The monoisotopic (exact) mass is 363 g/mol. The molecule has 1 aliphatic rings. The molecule has 25 heavy (non-hydrogen) atoms. The third kappa shape index (κ3) is 4.46. The van der Waals surface area contributed by atoms with Crippen molar-refractivity contribution in [1.82, 2.24) is 9.88 Å². The Balaban J connectivity index is 1.69. The SMILES string of the molecule is CCCCNS(=O)(=O)c1cccc(NC(=O)c2cc(C3CC3)on2)c1. The van der Waals surface area contributed by atoms with Gasteiger partial charge in [-0.05, 0) is 37.5 Å². The van der Waals surface area contributed by atoms with Crippen LogP contribution in [0, 0.1) is 0 Å². The highest BCUT2D eigenvalue weighted by atomic mass is 32.2. The quantitative estimate of drug-likeness (QED) is 0.702. The molecule has 0 radical (unpaired) electrons. The number of benzene rings is 1. The normalized spacial score (nSPS) is 14.4. The highest BCUT2D eigenvalue weighted by molar-refractivity contribution is 7.89. The summed E-state index contributed by atoms with van der Waals surface area (Å²) in [4.78, 5) is 12.4. The summed E-state index contributed by atoms with van der Waals surface area (Å²) in [7, 11) is -3.59. The number of hydrogen-bond acceptors (Lipinski definition) is 5. The summed E-state index contributed by atoms with van der Waals surface area (Å²) in [5.74, 6) is 0.669. The molecule has 2 aromatic rings. The van der Waals surface area contributed by atoms with E-state index in [-0.39, 0.29) is 10.6 Å². The van der Waals surface area contributed by atoms with Gasteiger partial charge in [-0.2, -0.15) is 0 Å². The van der Waals surface area contributed by atoms with Crippen molar-refractivity contribution in [3.63, 3.8) is 0 Å². The fraction of sp³-hybridized carbons (Fsp3) is 0.412. The van der Waals surface area contributed by atoms with Crippen LogP contribution in [-0.2, 0) is 10.0 Å². The van der Waals surface area contributed by atoms with E-state index in [9.17, 15) is 13.2 Å². The van der Waals surface area contributed by atoms with Crippen LogP contribution < -0.4 is 10.0 Å². The van der Waals surface area contributed by atoms with Crippen molar-refractivity contribution >= 4 is 21.6 Å². The molecule has 0 unspecified atom stereocenters. The van der Waals surface area contributed by atoms with E-state index in [1.807, 2.05) is 6.92 Å². The second-order valence-electron chi connectivity index (χ2n) is 6.12. The maximum atomic E-state index is 12.2. The molecule has 0 atom stereocenters. The number of nitrogens with zero attached hydrogens (tertiary/aromatic N) is 1. The number of amides is 1. The third-order valence-electron chi connectivity index (χ3n) is 3.97. The maximum absolute atomic E-state index is 12.2. The molecule has 3 rings (SSSR count). The van der Waals surface area contributed by atoms with Crippen molar-refractivity contribution in [3.8, 4) is 0 Å². The van der Waals surface area contributed by atoms with Gasteiger partial charge in [-0.15, -0.1) is 0 Å². The number of carbonyl (C=O) groups is 1. The first kappa shape index (κ1) is 17.6. The third-order valence-corrected chi connectivity index (χ3v) is 5.42. The highest BCUT2D eigenvalue weighted by Gasteiger charge is 2.29. The topological polar surface area (TPSA) is 101 Å². The lowest BCUT2D eigenvalue weighted by atomic mass is 10.2. The zero-order valence-corrected chi connectivity index (χ0v) is 14.8. The van der Waals surface area contributed by atoms with Crippen molar-refractivity contribution in [2.75, 3.05) is 11.9 Å². The van der Waals surface area contributed by atoms with E-state index >= 15 is 0 Å². The summed E-state index contributed by atoms with van der Waals surface area (Å²) in [6, 6.07) is 7.77. The molecule has 2 N–H and O–H groups in total. The molecule has 134 valence electrons. The predicted octanol–water partition coefficient (Wildman–Crippen LogP) is 2.88. The first-order valence-corrected chi connectivity index (χ1v) is 9.85. The Morgan fingerprint density at radius 3 is 2.84 bits per heavy atom. The van der Waals surface area contributed by atoms with Crippen LogP contribution in [0.4, 0.5) is 5.69 Å². The van der Waals surface area contributed by atoms with Gasteiger partial charge in [0.05, 0.1) is 4.90 Å². The van der Waals surface area contributed by atoms with Crippen molar-refractivity contribution in [1.29, 1.82) is 0 Å². The molecule has 0 saturated heterocycles. The molecular formula is C17H21N3O4S. The van der Waals surface area contributed by atoms with Crippen LogP contribution in [0.5, 0.6) is 0 Å². The largest absolute Gasteiger partial charge is 0.360 e. The van der Waals surface area contributed by atoms with E-state index in [1.165, 1.54) is 12.1 Å². The standard InChI is InChI=1S/C17H21N3O4S/c1-2-3-9-18-25(22,23)14-6-4-5-13(10-14)19-17(21)15-11-16(24-20-15)12-7-8-12/h4-6,10-12,18H,2-3,7-9H2,1H3,(H,19,21). The van der Waals surface area contributed by atoms with E-state index in [4.69, 9.17) is 4.52 Å². The molecule has 0 aliphatic heterocycles. The summed E-state index contributed by atoms with van der Waals surface area (Å²) < 4.78 is 32.2. The van der Waals surface area contributed by atoms with Gasteiger partial charge in [0.1, 0.15) is 5.76 Å². The van der Waals surface area contributed by atoms with Crippen LogP contribution >= 0.6 is 0 Å². The number of hydrogen-bond donors (Lipinski definition) is 2. The minimum atomic E-state index is -3.59. The molecule has 1 aromatic heterocycles. The number of aromatic nitrogens is 1. The Kier molecular flexibility index (Phi) is 5.19. The predicted molar refractivity (Wildman–Crippen MR) is 93.0 cm³/mol. The summed E-state index contributed by atoms with van der Waals surface area (Å²) in [6.45, 7) is 2.38. The molecule has 8 heteroatoms. The molecule has 1 heterocycles. The molecule has 0 spiro atoms. The number of rotatable bonds is 8. The van der Waals surface area contributed by atoms with Gasteiger partial charge in [0.2, 0.25) is 10.0 Å². The van der Waals surface area contributed by atoms with Gasteiger partial charge in [0, 0.05) is 24.2 Å². The van der Waals surface area contributed by atoms with Crippen LogP contribution in [0.2, 0.25) is 0 Å². The molecular weight excluding hydrogens is 342 g/mol. The van der Waals surface area contributed by atoms with Crippen LogP contribution in [0.25, 0.3) is 0 Å². The van der Waals surface area contributed by atoms with Crippen molar-refractivity contribution in [3.05, 3.63) is 41.8 Å².